The molecule has 0 saturated carbocycles. The van der Waals surface area contributed by atoms with Gasteiger partial charge in [-0.3, -0.25) is 4.90 Å². The number of hydrazine groups is 1. The molecule has 5 aliphatic rings. The number of nitrogens with one attached hydrogen (secondary N) is 1. The quantitative estimate of drug-likeness (QED) is 0.488. The van der Waals surface area contributed by atoms with Crippen LogP contribution in [0.5, 0.6) is 11.5 Å². The van der Waals surface area contributed by atoms with Crippen LogP contribution >= 0.6 is 0 Å². The molecule has 6 heterocycles. The topological polar surface area (TPSA) is 131 Å². The molecule has 2 aromatic carbocycles. The number of oxazole rings is 1. The van der Waals surface area contributed by atoms with Crippen molar-refractivity contribution < 1.29 is 30.7 Å². The molecular weight excluding hydrogens is 520 g/mol. The third-order valence-corrected chi connectivity index (χ3v) is 9.94. The minimum Gasteiger partial charge on any atom is -0.492 e. The summed E-state index contributed by atoms with van der Waals surface area (Å²) in [5.41, 5.74) is 4.69. The maximum atomic E-state index is 13.9. The average Bonchev–Trinajstić information content (AvgIpc) is 3.33. The highest BCUT2D eigenvalue weighted by molar-refractivity contribution is 7.93. The van der Waals surface area contributed by atoms with Gasteiger partial charge in [0.15, 0.2) is 16.9 Å². The highest BCUT2D eigenvalue weighted by Gasteiger charge is 2.37. The summed E-state index contributed by atoms with van der Waals surface area (Å²) in [5, 5.41) is 0. The van der Waals surface area contributed by atoms with E-state index in [1.807, 2.05) is 0 Å². The standard InChI is InChI=1S/C24H30N4O7S2/c1-3-33-22-11-17-12-23(34-4-2)24(22)36(29,30)16-28(26-18-7-9-27(14-17)10-8-18)37(31,32)19-5-6-21-20(13-19)25-15-35-21/h5-6,11-13,15,18,26H,3-4,7-10,14,16H2,1-2H3. The molecule has 200 valence electrons. The van der Waals surface area contributed by atoms with Gasteiger partial charge in [0, 0.05) is 25.7 Å². The SMILES string of the molecule is CCOc1cc2cc(OCC)c1S(=O)(=O)CN(S(=O)(=O)c1ccc3ocnc3c1)NC1CCN(CC1)C2. The Labute approximate surface area is 216 Å². The van der Waals surface area contributed by atoms with Crippen molar-refractivity contribution in [2.24, 2.45) is 0 Å². The van der Waals surface area contributed by atoms with Crippen LogP contribution in [0.3, 0.4) is 0 Å². The Bertz CT molecular complexity index is 1470. The molecule has 5 aliphatic heterocycles. The number of sulfone groups is 1. The lowest BCUT2D eigenvalue weighted by Crippen LogP contribution is -2.53. The molecule has 0 aliphatic carbocycles. The zero-order valence-electron chi connectivity index (χ0n) is 20.7. The normalized spacial score (nSPS) is 22.3. The number of nitrogens with zero attached hydrogens (tertiary/aromatic N) is 3. The smallest absolute Gasteiger partial charge is 0.256 e. The van der Waals surface area contributed by atoms with Crippen LogP contribution in [0, 0.1) is 0 Å². The molecule has 1 saturated heterocycles. The minimum absolute atomic E-state index is 0.0937. The van der Waals surface area contributed by atoms with Gasteiger partial charge in [-0.05, 0) is 62.6 Å². The number of hydrogen-bond acceptors (Lipinski definition) is 10. The zero-order valence-corrected chi connectivity index (χ0v) is 22.3. The largest absolute Gasteiger partial charge is 0.492 e. The van der Waals surface area contributed by atoms with Crippen molar-refractivity contribution in [1.29, 1.82) is 0 Å². The molecule has 0 unspecified atom stereocenters. The summed E-state index contributed by atoms with van der Waals surface area (Å²) in [4.78, 5) is 6.04. The molecule has 1 aromatic heterocycles. The van der Waals surface area contributed by atoms with Gasteiger partial charge in [0.2, 0.25) is 9.84 Å². The number of ether oxygens (including phenoxy) is 2. The van der Waals surface area contributed by atoms with E-state index in [2.05, 4.69) is 15.3 Å². The van der Waals surface area contributed by atoms with Crippen molar-refractivity contribution in [3.8, 4) is 11.5 Å². The molecule has 1 fully saturated rings. The summed E-state index contributed by atoms with van der Waals surface area (Å²) >= 11 is 0. The van der Waals surface area contributed by atoms with Gasteiger partial charge in [-0.1, -0.05) is 0 Å². The van der Waals surface area contributed by atoms with Crippen LogP contribution in [0.1, 0.15) is 32.3 Å². The lowest BCUT2D eigenvalue weighted by molar-refractivity contribution is 0.161. The number of benzene rings is 2. The predicted octanol–water partition coefficient (Wildman–Crippen LogP) is 2.53. The third kappa shape index (κ3) is 5.18. The highest BCUT2D eigenvalue weighted by atomic mass is 32.2. The second kappa shape index (κ2) is 10.2. The summed E-state index contributed by atoms with van der Waals surface area (Å²) in [7, 11) is -8.55. The molecule has 8 rings (SSSR count). The first kappa shape index (κ1) is 25.9. The van der Waals surface area contributed by atoms with Crippen LogP contribution < -0.4 is 14.9 Å². The predicted molar refractivity (Wildman–Crippen MR) is 135 cm³/mol. The monoisotopic (exact) mass is 550 g/mol. The molecule has 11 nitrogen and oxygen atoms in total. The first-order valence-electron chi connectivity index (χ1n) is 12.2. The zero-order chi connectivity index (χ0) is 26.2. The van der Waals surface area contributed by atoms with Gasteiger partial charge in [-0.2, -0.15) is 0 Å². The van der Waals surface area contributed by atoms with Crippen molar-refractivity contribution in [3.63, 3.8) is 0 Å². The number of rotatable bonds is 6. The van der Waals surface area contributed by atoms with E-state index in [1.165, 1.54) is 24.6 Å². The number of sulfonamides is 1. The summed E-state index contributed by atoms with van der Waals surface area (Å²) < 4.78 is 73.1. The van der Waals surface area contributed by atoms with Gasteiger partial charge in [-0.15, -0.1) is 4.41 Å². The fourth-order valence-electron chi connectivity index (χ4n) is 4.76. The second-order valence-corrected chi connectivity index (χ2v) is 12.8. The van der Waals surface area contributed by atoms with Crippen molar-refractivity contribution in [2.45, 2.75) is 49.1 Å². The van der Waals surface area contributed by atoms with E-state index in [0.717, 1.165) is 23.1 Å². The van der Waals surface area contributed by atoms with E-state index >= 15 is 0 Å². The van der Waals surface area contributed by atoms with Crippen LogP contribution in [-0.4, -0.2) is 69.4 Å². The summed E-state index contributed by atoms with van der Waals surface area (Å²) in [5.74, 6) is -0.536. The van der Waals surface area contributed by atoms with Crippen LogP contribution in [-0.2, 0) is 26.4 Å². The molecule has 0 spiro atoms. The molecule has 0 atom stereocenters. The van der Waals surface area contributed by atoms with E-state index in [-0.39, 0.29) is 40.5 Å². The fourth-order valence-corrected chi connectivity index (χ4v) is 8.13. The van der Waals surface area contributed by atoms with Crippen molar-refractivity contribution >= 4 is 31.0 Å². The van der Waals surface area contributed by atoms with Crippen molar-refractivity contribution in [3.05, 3.63) is 42.3 Å². The van der Waals surface area contributed by atoms with Crippen molar-refractivity contribution in [2.75, 3.05) is 32.2 Å². The van der Waals surface area contributed by atoms with Gasteiger partial charge in [0.05, 0.1) is 18.1 Å². The lowest BCUT2D eigenvalue weighted by atomic mass is 10.0. The van der Waals surface area contributed by atoms with Gasteiger partial charge < -0.3 is 13.9 Å². The molecular formula is C24H30N4O7S2. The first-order chi connectivity index (χ1) is 17.7. The van der Waals surface area contributed by atoms with Crippen LogP contribution in [0.25, 0.3) is 11.1 Å². The van der Waals surface area contributed by atoms with Crippen LogP contribution in [0.15, 0.2) is 50.9 Å². The van der Waals surface area contributed by atoms with Gasteiger partial charge >= 0.3 is 0 Å². The number of fused-ring (bicyclic) bond motifs is 1. The third-order valence-electron chi connectivity index (χ3n) is 6.49. The Morgan fingerprint density at radius 2 is 1.76 bits per heavy atom. The molecule has 3 aromatic rings. The number of aromatic nitrogens is 1. The summed E-state index contributed by atoms with van der Waals surface area (Å²) in [6.07, 6.45) is 2.54. The Kier molecular flexibility index (Phi) is 7.16. The number of piperidine rings is 1. The average molecular weight is 551 g/mol. The van der Waals surface area contributed by atoms with E-state index < -0.39 is 25.7 Å². The van der Waals surface area contributed by atoms with E-state index in [4.69, 9.17) is 13.9 Å². The van der Waals surface area contributed by atoms with Gasteiger partial charge in [0.1, 0.15) is 22.9 Å². The highest BCUT2D eigenvalue weighted by Crippen LogP contribution is 2.38. The van der Waals surface area contributed by atoms with E-state index in [0.29, 0.717) is 30.5 Å². The molecule has 0 amide bonds. The van der Waals surface area contributed by atoms with Gasteiger partial charge in [-0.25, -0.2) is 27.2 Å². The first-order valence-corrected chi connectivity index (χ1v) is 15.3. The Morgan fingerprint density at radius 1 is 1.08 bits per heavy atom. The summed E-state index contributed by atoms with van der Waals surface area (Å²) in [6, 6.07) is 7.47. The Hall–Kier alpha value is -2.71. The van der Waals surface area contributed by atoms with Crippen molar-refractivity contribution in [1.82, 2.24) is 19.7 Å². The number of hydrogen-bond donors (Lipinski definition) is 1. The molecule has 0 radical (unpaired) electrons. The molecule has 37 heavy (non-hydrogen) atoms. The molecule has 4 bridgehead atoms. The lowest BCUT2D eigenvalue weighted by Gasteiger charge is -2.34. The summed E-state index contributed by atoms with van der Waals surface area (Å²) in [6.45, 7) is 6.05. The fraction of sp³-hybridized carbons (Fsp3) is 0.458. The molecule has 1 N–H and O–H groups in total. The second-order valence-electron chi connectivity index (χ2n) is 9.05. The minimum atomic E-state index is -4.30. The Morgan fingerprint density at radius 3 is 2.41 bits per heavy atom. The van der Waals surface area contributed by atoms with Gasteiger partial charge in [0.25, 0.3) is 10.0 Å². The van der Waals surface area contributed by atoms with E-state index in [9.17, 15) is 16.8 Å². The van der Waals surface area contributed by atoms with E-state index in [1.54, 1.807) is 26.0 Å². The van der Waals surface area contributed by atoms with Crippen LogP contribution in [0.2, 0.25) is 0 Å². The van der Waals surface area contributed by atoms with Crippen LogP contribution in [0.4, 0.5) is 0 Å². The maximum absolute atomic E-state index is 13.9. The maximum Gasteiger partial charge on any atom is 0.256 e. The Balaban J connectivity index is 1.65. The molecule has 13 heteroatoms.